The van der Waals surface area contributed by atoms with E-state index in [4.69, 9.17) is 0 Å². The van der Waals surface area contributed by atoms with Gasteiger partial charge in [0.2, 0.25) is 0 Å². The predicted octanol–water partition coefficient (Wildman–Crippen LogP) is 4.13. The van der Waals surface area contributed by atoms with Crippen LogP contribution in [0.1, 0.15) is 21.6 Å². The average molecular weight is 190 g/mol. The summed E-state index contributed by atoms with van der Waals surface area (Å²) in [4.78, 5) is 1.45. The van der Waals surface area contributed by atoms with Crippen LogP contribution in [0.5, 0.6) is 0 Å². The van der Waals surface area contributed by atoms with Crippen LogP contribution in [0.4, 0.5) is 0 Å². The molecular formula is C12H14S. The van der Waals surface area contributed by atoms with Gasteiger partial charge in [-0.3, -0.25) is 0 Å². The van der Waals surface area contributed by atoms with Crippen LogP contribution < -0.4 is 0 Å². The maximum atomic E-state index is 2.24. The molecule has 0 spiro atoms. The number of benzene rings is 1. The lowest BCUT2D eigenvalue weighted by molar-refractivity contribution is 1.36. The van der Waals surface area contributed by atoms with Gasteiger partial charge < -0.3 is 0 Å². The van der Waals surface area contributed by atoms with Crippen molar-refractivity contribution in [1.29, 1.82) is 0 Å². The number of hydrogen-bond donors (Lipinski definition) is 0. The lowest BCUT2D eigenvalue weighted by atomic mass is 10.0. The van der Waals surface area contributed by atoms with Gasteiger partial charge >= 0.3 is 0 Å². The molecule has 0 fully saturated rings. The minimum atomic E-state index is 1.40. The Morgan fingerprint density at radius 3 is 2.31 bits per heavy atom. The quantitative estimate of drug-likeness (QED) is 0.586. The van der Waals surface area contributed by atoms with Gasteiger partial charge in [-0.25, -0.2) is 0 Å². The Bertz CT molecular complexity index is 463. The van der Waals surface area contributed by atoms with Crippen LogP contribution in [0, 0.1) is 27.7 Å². The van der Waals surface area contributed by atoms with Crippen LogP contribution in [0.2, 0.25) is 0 Å². The number of thiophene rings is 1. The molecule has 0 radical (unpaired) electrons. The van der Waals surface area contributed by atoms with Gasteiger partial charge in [-0.2, -0.15) is 0 Å². The molecule has 0 unspecified atom stereocenters. The lowest BCUT2D eigenvalue weighted by Crippen LogP contribution is -1.82. The van der Waals surface area contributed by atoms with Gasteiger partial charge in [-0.1, -0.05) is 6.07 Å². The molecule has 0 saturated heterocycles. The van der Waals surface area contributed by atoms with E-state index >= 15 is 0 Å². The topological polar surface area (TPSA) is 0 Å². The maximum Gasteiger partial charge on any atom is 0.0351 e. The summed E-state index contributed by atoms with van der Waals surface area (Å²) in [6.07, 6.45) is 0. The minimum Gasteiger partial charge on any atom is -0.140 e. The lowest BCUT2D eigenvalue weighted by Gasteiger charge is -2.02. The zero-order valence-electron chi connectivity index (χ0n) is 8.56. The van der Waals surface area contributed by atoms with E-state index in [9.17, 15) is 0 Å². The van der Waals surface area contributed by atoms with Crippen molar-refractivity contribution >= 4 is 21.4 Å². The van der Waals surface area contributed by atoms with Crippen molar-refractivity contribution in [3.8, 4) is 0 Å². The van der Waals surface area contributed by atoms with E-state index in [2.05, 4.69) is 39.8 Å². The van der Waals surface area contributed by atoms with E-state index in [0.29, 0.717) is 0 Å². The van der Waals surface area contributed by atoms with E-state index in [1.54, 1.807) is 0 Å². The molecule has 0 saturated carbocycles. The number of hydrogen-bond acceptors (Lipinski definition) is 1. The number of fused-ring (bicyclic) bond motifs is 1. The summed E-state index contributed by atoms with van der Waals surface area (Å²) in [5, 5.41) is 1.47. The zero-order chi connectivity index (χ0) is 9.59. The van der Waals surface area contributed by atoms with E-state index in [-0.39, 0.29) is 0 Å². The fraction of sp³-hybridized carbons (Fsp3) is 0.333. The molecule has 13 heavy (non-hydrogen) atoms. The molecule has 0 N–H and O–H groups in total. The standard InChI is InChI=1S/C12H14S/c1-7-5-6-11-12(8(7)2)9(3)10(4)13-11/h5-6H,1-4H3. The molecule has 0 aliphatic carbocycles. The molecular weight excluding hydrogens is 176 g/mol. The molecule has 2 aromatic rings. The van der Waals surface area contributed by atoms with Crippen molar-refractivity contribution < 1.29 is 0 Å². The smallest absolute Gasteiger partial charge is 0.0351 e. The highest BCUT2D eigenvalue weighted by atomic mass is 32.1. The second kappa shape index (κ2) is 2.85. The first-order valence-corrected chi connectivity index (χ1v) is 5.39. The highest BCUT2D eigenvalue weighted by molar-refractivity contribution is 7.19. The average Bonchev–Trinajstić information content (AvgIpc) is 2.37. The molecule has 2 rings (SSSR count). The summed E-state index contributed by atoms with van der Waals surface area (Å²) in [5.41, 5.74) is 4.30. The van der Waals surface area contributed by atoms with Crippen molar-refractivity contribution in [1.82, 2.24) is 0 Å². The second-order valence-electron chi connectivity index (χ2n) is 3.66. The molecule has 0 bridgehead atoms. The number of rotatable bonds is 0. The van der Waals surface area contributed by atoms with Crippen molar-refractivity contribution in [3.63, 3.8) is 0 Å². The monoisotopic (exact) mass is 190 g/mol. The van der Waals surface area contributed by atoms with E-state index < -0.39 is 0 Å². The molecule has 1 heteroatoms. The Balaban J connectivity index is 2.97. The Kier molecular flexibility index (Phi) is 1.92. The third-order valence-corrected chi connectivity index (χ3v) is 4.04. The van der Waals surface area contributed by atoms with Crippen LogP contribution >= 0.6 is 11.3 Å². The Morgan fingerprint density at radius 1 is 0.923 bits per heavy atom. The highest BCUT2D eigenvalue weighted by Gasteiger charge is 2.07. The fourth-order valence-corrected chi connectivity index (χ4v) is 2.89. The van der Waals surface area contributed by atoms with Gasteiger partial charge in [0.25, 0.3) is 0 Å². The Labute approximate surface area is 83.2 Å². The molecule has 1 aromatic carbocycles. The van der Waals surface area contributed by atoms with Crippen LogP contribution in [-0.2, 0) is 0 Å². The first-order chi connectivity index (χ1) is 6.11. The summed E-state index contributed by atoms with van der Waals surface area (Å²) in [6, 6.07) is 4.45. The Hall–Kier alpha value is -0.820. The number of aryl methyl sites for hydroxylation is 4. The third kappa shape index (κ3) is 1.19. The first-order valence-electron chi connectivity index (χ1n) is 4.57. The van der Waals surface area contributed by atoms with Crippen molar-refractivity contribution in [2.45, 2.75) is 27.7 Å². The SMILES string of the molecule is Cc1ccc2sc(C)c(C)c2c1C. The highest BCUT2D eigenvalue weighted by Crippen LogP contribution is 2.33. The van der Waals surface area contributed by atoms with Crippen LogP contribution in [-0.4, -0.2) is 0 Å². The van der Waals surface area contributed by atoms with Gasteiger partial charge in [0.15, 0.2) is 0 Å². The fourth-order valence-electron chi connectivity index (χ4n) is 1.76. The van der Waals surface area contributed by atoms with Gasteiger partial charge in [-0.05, 0) is 55.8 Å². The second-order valence-corrected chi connectivity index (χ2v) is 4.92. The summed E-state index contributed by atoms with van der Waals surface area (Å²) in [7, 11) is 0. The molecule has 0 nitrogen and oxygen atoms in total. The molecule has 0 aliphatic heterocycles. The molecule has 1 heterocycles. The normalized spacial score (nSPS) is 11.1. The van der Waals surface area contributed by atoms with Gasteiger partial charge in [0.05, 0.1) is 0 Å². The van der Waals surface area contributed by atoms with Gasteiger partial charge in [-0.15, -0.1) is 11.3 Å². The third-order valence-electron chi connectivity index (χ3n) is 2.86. The first kappa shape index (κ1) is 8.76. The molecule has 1 aromatic heterocycles. The van der Waals surface area contributed by atoms with Crippen molar-refractivity contribution in [2.75, 3.05) is 0 Å². The van der Waals surface area contributed by atoms with E-state index in [0.717, 1.165) is 0 Å². The minimum absolute atomic E-state index is 1.40. The molecule has 68 valence electrons. The van der Waals surface area contributed by atoms with Crippen molar-refractivity contribution in [2.24, 2.45) is 0 Å². The molecule has 0 amide bonds. The van der Waals surface area contributed by atoms with E-state index in [1.807, 2.05) is 11.3 Å². The summed E-state index contributed by atoms with van der Waals surface area (Å²) >= 11 is 1.90. The predicted molar refractivity (Wildman–Crippen MR) is 60.8 cm³/mol. The zero-order valence-corrected chi connectivity index (χ0v) is 9.38. The summed E-state index contributed by atoms with van der Waals surface area (Å²) in [5.74, 6) is 0. The van der Waals surface area contributed by atoms with Crippen LogP contribution in [0.3, 0.4) is 0 Å². The maximum absolute atomic E-state index is 2.24. The van der Waals surface area contributed by atoms with Gasteiger partial charge in [0, 0.05) is 9.58 Å². The van der Waals surface area contributed by atoms with Gasteiger partial charge in [0.1, 0.15) is 0 Å². The van der Waals surface area contributed by atoms with Crippen LogP contribution in [0.15, 0.2) is 12.1 Å². The van der Waals surface area contributed by atoms with Crippen LogP contribution in [0.25, 0.3) is 10.1 Å². The summed E-state index contributed by atoms with van der Waals surface area (Å²) < 4.78 is 1.43. The Morgan fingerprint density at radius 2 is 1.62 bits per heavy atom. The van der Waals surface area contributed by atoms with Crippen molar-refractivity contribution in [3.05, 3.63) is 33.7 Å². The summed E-state index contributed by atoms with van der Waals surface area (Å²) in [6.45, 7) is 8.83. The molecule has 0 aliphatic rings. The largest absolute Gasteiger partial charge is 0.140 e. The van der Waals surface area contributed by atoms with E-state index in [1.165, 1.54) is 31.7 Å². The molecule has 0 atom stereocenters.